The molecule has 0 unspecified atom stereocenters. The molecule has 0 aromatic carbocycles. The molecule has 9 heavy (non-hydrogen) atoms. The Kier molecular flexibility index (Phi) is 0.828. The zero-order valence-electron chi connectivity index (χ0n) is 4.70. The number of aromatic nitrogens is 1. The molecule has 0 spiro atoms. The Morgan fingerprint density at radius 2 is 2.56 bits per heavy atom. The van der Waals surface area contributed by atoms with E-state index in [4.69, 9.17) is 9.15 Å². The Hall–Kier alpha value is -1.25. The van der Waals surface area contributed by atoms with E-state index < -0.39 is 0 Å². The Bertz CT molecular complexity index is 239. The summed E-state index contributed by atoms with van der Waals surface area (Å²) < 4.78 is 9.91. The van der Waals surface area contributed by atoms with Gasteiger partial charge in [0.1, 0.15) is 12.3 Å². The van der Waals surface area contributed by atoms with Crippen LogP contribution in [0.15, 0.2) is 17.1 Å². The fourth-order valence-electron chi connectivity index (χ4n) is 0.759. The summed E-state index contributed by atoms with van der Waals surface area (Å²) in [5.74, 6) is 0.803. The van der Waals surface area contributed by atoms with Crippen molar-refractivity contribution in [3.8, 4) is 0 Å². The number of hydrogen-bond donors (Lipinski definition) is 0. The topological polar surface area (TPSA) is 35.3 Å². The van der Waals surface area contributed by atoms with Crippen molar-refractivity contribution in [1.29, 1.82) is 0 Å². The highest BCUT2D eigenvalue weighted by Crippen LogP contribution is 2.14. The number of oxazole rings is 1. The third kappa shape index (κ3) is 0.614. The molecular formula is C6H5NO2. The first-order valence-corrected chi connectivity index (χ1v) is 2.67. The normalized spacial score (nSPS) is 14.7. The van der Waals surface area contributed by atoms with Gasteiger partial charge in [0.05, 0.1) is 6.26 Å². The summed E-state index contributed by atoms with van der Waals surface area (Å²) in [6.45, 7) is 0.506. The fraction of sp³-hybridized carbons (Fsp3) is 0.167. The molecule has 0 saturated carbocycles. The van der Waals surface area contributed by atoms with Crippen molar-refractivity contribution in [3.05, 3.63) is 24.1 Å². The van der Waals surface area contributed by atoms with Gasteiger partial charge in [-0.1, -0.05) is 0 Å². The second-order valence-electron chi connectivity index (χ2n) is 1.77. The summed E-state index contributed by atoms with van der Waals surface area (Å²) >= 11 is 0. The van der Waals surface area contributed by atoms with Crippen LogP contribution in [0.1, 0.15) is 11.5 Å². The molecular weight excluding hydrogens is 118 g/mol. The highest BCUT2D eigenvalue weighted by molar-refractivity contribution is 5.46. The van der Waals surface area contributed by atoms with Gasteiger partial charge in [0.25, 0.3) is 0 Å². The third-order valence-corrected chi connectivity index (χ3v) is 1.21. The van der Waals surface area contributed by atoms with Crippen molar-refractivity contribution in [3.63, 3.8) is 0 Å². The second-order valence-corrected chi connectivity index (χ2v) is 1.77. The minimum Gasteiger partial charge on any atom is -0.493 e. The van der Waals surface area contributed by atoms with Crippen LogP contribution in [0.2, 0.25) is 0 Å². The Labute approximate surface area is 52.0 Å². The van der Waals surface area contributed by atoms with Crippen molar-refractivity contribution < 1.29 is 9.15 Å². The predicted molar refractivity (Wildman–Crippen MR) is 30.3 cm³/mol. The molecule has 1 aliphatic rings. The Morgan fingerprint density at radius 1 is 1.56 bits per heavy atom. The van der Waals surface area contributed by atoms with E-state index in [1.165, 1.54) is 6.39 Å². The fourth-order valence-corrected chi connectivity index (χ4v) is 0.759. The molecule has 0 atom stereocenters. The zero-order chi connectivity index (χ0) is 6.10. The molecule has 0 aliphatic carbocycles. The Balaban J connectivity index is 2.53. The van der Waals surface area contributed by atoms with Crippen LogP contribution in [-0.4, -0.2) is 4.98 Å². The van der Waals surface area contributed by atoms with Gasteiger partial charge < -0.3 is 9.15 Å². The third-order valence-electron chi connectivity index (χ3n) is 1.21. The molecule has 0 amide bonds. The van der Waals surface area contributed by atoms with Gasteiger partial charge in [0.2, 0.25) is 0 Å². The van der Waals surface area contributed by atoms with Crippen LogP contribution in [0.3, 0.4) is 0 Å². The van der Waals surface area contributed by atoms with Crippen LogP contribution >= 0.6 is 0 Å². The summed E-state index contributed by atoms with van der Waals surface area (Å²) in [4.78, 5) is 3.92. The van der Waals surface area contributed by atoms with Crippen molar-refractivity contribution in [2.24, 2.45) is 0 Å². The molecule has 0 saturated heterocycles. The molecule has 1 aromatic heterocycles. The van der Waals surface area contributed by atoms with E-state index in [0.29, 0.717) is 6.61 Å². The van der Waals surface area contributed by atoms with Gasteiger partial charge in [0.15, 0.2) is 12.2 Å². The van der Waals surface area contributed by atoms with E-state index in [9.17, 15) is 0 Å². The molecule has 46 valence electrons. The molecule has 0 fully saturated rings. The summed E-state index contributed by atoms with van der Waals surface area (Å²) in [6, 6.07) is 0. The largest absolute Gasteiger partial charge is 0.493 e. The van der Waals surface area contributed by atoms with E-state index in [1.807, 2.05) is 0 Å². The van der Waals surface area contributed by atoms with Crippen LogP contribution < -0.4 is 0 Å². The number of ether oxygens (including phenoxy) is 1. The van der Waals surface area contributed by atoms with E-state index in [-0.39, 0.29) is 0 Å². The quantitative estimate of drug-likeness (QED) is 0.519. The van der Waals surface area contributed by atoms with E-state index in [2.05, 4.69) is 4.98 Å². The smallest absolute Gasteiger partial charge is 0.181 e. The van der Waals surface area contributed by atoms with Crippen LogP contribution in [-0.2, 0) is 11.3 Å². The summed E-state index contributed by atoms with van der Waals surface area (Å²) in [7, 11) is 0. The summed E-state index contributed by atoms with van der Waals surface area (Å²) in [6.07, 6.45) is 4.82. The molecule has 0 bridgehead atoms. The molecule has 0 N–H and O–H groups in total. The van der Waals surface area contributed by atoms with Crippen molar-refractivity contribution in [2.45, 2.75) is 6.61 Å². The first kappa shape index (κ1) is 4.61. The van der Waals surface area contributed by atoms with Gasteiger partial charge in [-0.25, -0.2) is 4.98 Å². The van der Waals surface area contributed by atoms with Crippen LogP contribution in [0.4, 0.5) is 0 Å². The highest BCUT2D eigenvalue weighted by atomic mass is 16.5. The summed E-state index contributed by atoms with van der Waals surface area (Å²) in [5, 5.41) is 0. The lowest BCUT2D eigenvalue weighted by Gasteiger charge is -2.01. The van der Waals surface area contributed by atoms with E-state index in [0.717, 1.165) is 11.5 Å². The number of nitrogens with zero attached hydrogens (tertiary/aromatic N) is 1. The lowest BCUT2D eigenvalue weighted by atomic mass is 10.3. The average molecular weight is 123 g/mol. The van der Waals surface area contributed by atoms with E-state index >= 15 is 0 Å². The van der Waals surface area contributed by atoms with Crippen molar-refractivity contribution in [1.82, 2.24) is 4.98 Å². The molecule has 2 rings (SSSR count). The first-order valence-electron chi connectivity index (χ1n) is 2.67. The van der Waals surface area contributed by atoms with Gasteiger partial charge in [-0.2, -0.15) is 0 Å². The predicted octanol–water partition coefficient (Wildman–Crippen LogP) is 1.18. The van der Waals surface area contributed by atoms with Gasteiger partial charge in [-0.3, -0.25) is 0 Å². The maximum Gasteiger partial charge on any atom is 0.181 e. The molecule has 3 nitrogen and oxygen atoms in total. The maximum atomic E-state index is 4.97. The first-order chi connectivity index (χ1) is 4.47. The lowest BCUT2D eigenvalue weighted by Crippen LogP contribution is -1.92. The molecule has 1 aliphatic heterocycles. The number of hydrogen-bond acceptors (Lipinski definition) is 3. The maximum absolute atomic E-state index is 4.97. The SMILES string of the molecule is C1=Cc2ncoc2CO1. The van der Waals surface area contributed by atoms with Crippen molar-refractivity contribution in [2.75, 3.05) is 0 Å². The molecule has 3 heteroatoms. The van der Waals surface area contributed by atoms with Gasteiger partial charge in [0, 0.05) is 6.08 Å². The van der Waals surface area contributed by atoms with Crippen LogP contribution in [0.25, 0.3) is 6.08 Å². The van der Waals surface area contributed by atoms with Crippen LogP contribution in [0.5, 0.6) is 0 Å². The zero-order valence-corrected chi connectivity index (χ0v) is 4.70. The van der Waals surface area contributed by atoms with Crippen LogP contribution in [0, 0.1) is 0 Å². The van der Waals surface area contributed by atoms with Gasteiger partial charge in [-0.05, 0) is 0 Å². The minimum atomic E-state index is 0.506. The standard InChI is InChI=1S/C6H5NO2/c1-2-8-3-6-5(1)7-4-9-6/h1-2,4H,3H2. The number of rotatable bonds is 0. The minimum absolute atomic E-state index is 0.506. The molecule has 2 heterocycles. The Morgan fingerprint density at radius 3 is 3.44 bits per heavy atom. The van der Waals surface area contributed by atoms with Gasteiger partial charge >= 0.3 is 0 Å². The van der Waals surface area contributed by atoms with Crippen molar-refractivity contribution >= 4 is 6.08 Å². The second kappa shape index (κ2) is 1.62. The molecule has 0 radical (unpaired) electrons. The van der Waals surface area contributed by atoms with E-state index in [1.54, 1.807) is 12.3 Å². The highest BCUT2D eigenvalue weighted by Gasteiger charge is 2.07. The van der Waals surface area contributed by atoms with Gasteiger partial charge in [-0.15, -0.1) is 0 Å². The molecule has 1 aromatic rings. The number of fused-ring (bicyclic) bond motifs is 1. The summed E-state index contributed by atoms with van der Waals surface area (Å²) in [5.41, 5.74) is 0.876. The average Bonchev–Trinajstić information content (AvgIpc) is 2.33. The monoisotopic (exact) mass is 123 g/mol. The lowest BCUT2D eigenvalue weighted by molar-refractivity contribution is 0.207.